The molecule has 0 N–H and O–H groups in total. The van der Waals surface area contributed by atoms with E-state index in [2.05, 4.69) is 33.8 Å². The molecule has 88 valence electrons. The molecule has 1 heterocycles. The number of benzene rings is 1. The molecule has 0 aromatic heterocycles. The van der Waals surface area contributed by atoms with Crippen molar-refractivity contribution in [1.29, 1.82) is 0 Å². The fraction of sp³-hybridized carbons (Fsp3) is 0.538. The quantitative estimate of drug-likeness (QED) is 0.745. The van der Waals surface area contributed by atoms with E-state index in [1.165, 1.54) is 37.2 Å². The zero-order chi connectivity index (χ0) is 11.5. The lowest BCUT2D eigenvalue weighted by atomic mass is 10.1. The van der Waals surface area contributed by atoms with Gasteiger partial charge in [0.25, 0.3) is 0 Å². The molecule has 0 aliphatic carbocycles. The van der Waals surface area contributed by atoms with Gasteiger partial charge in [-0.3, -0.25) is 0 Å². The molecule has 1 unspecified atom stereocenters. The highest BCUT2D eigenvalue weighted by Crippen LogP contribution is 2.33. The number of rotatable bonds is 3. The van der Waals surface area contributed by atoms with Crippen LogP contribution < -0.4 is 4.90 Å². The summed E-state index contributed by atoms with van der Waals surface area (Å²) in [5, 5.41) is 1.70. The van der Waals surface area contributed by atoms with Crippen molar-refractivity contribution in [2.45, 2.75) is 25.1 Å². The van der Waals surface area contributed by atoms with Gasteiger partial charge in [0.2, 0.25) is 0 Å². The van der Waals surface area contributed by atoms with E-state index in [0.717, 1.165) is 16.3 Å². The Kier molecular flexibility index (Phi) is 4.15. The minimum Gasteiger partial charge on any atom is -0.371 e. The number of hydrogen-bond donors (Lipinski definition) is 0. The molecule has 1 aliphatic heterocycles. The summed E-state index contributed by atoms with van der Waals surface area (Å²) in [6.07, 6.45) is 2.59. The second-order valence-corrected chi connectivity index (χ2v) is 5.35. The van der Waals surface area contributed by atoms with E-state index in [4.69, 9.17) is 11.6 Å². The van der Waals surface area contributed by atoms with E-state index < -0.39 is 0 Å². The minimum atomic E-state index is 0.829. The first-order chi connectivity index (χ1) is 7.76. The smallest absolute Gasteiger partial charge is 0.0467 e. The first-order valence-electron chi connectivity index (χ1n) is 5.84. The molecule has 1 saturated heterocycles. The van der Waals surface area contributed by atoms with Crippen molar-refractivity contribution in [2.24, 2.45) is 5.92 Å². The Hall–Kier alpha value is -0.210. The van der Waals surface area contributed by atoms with Gasteiger partial charge in [0.1, 0.15) is 0 Å². The van der Waals surface area contributed by atoms with Crippen molar-refractivity contribution in [1.82, 2.24) is 0 Å². The molecule has 2 rings (SSSR count). The SMILES string of the molecule is CCC1CCN(c2cccc(Cl)c2CBr)C1. The van der Waals surface area contributed by atoms with E-state index in [9.17, 15) is 0 Å². The number of anilines is 1. The summed E-state index contributed by atoms with van der Waals surface area (Å²) in [5.41, 5.74) is 2.53. The molecule has 0 spiro atoms. The number of hydrogen-bond acceptors (Lipinski definition) is 1. The van der Waals surface area contributed by atoms with Gasteiger partial charge in [-0.05, 0) is 24.5 Å². The lowest BCUT2D eigenvalue weighted by molar-refractivity contribution is 0.569. The molecular formula is C13H17BrClN. The van der Waals surface area contributed by atoms with Crippen molar-refractivity contribution in [2.75, 3.05) is 18.0 Å². The molecule has 1 aliphatic rings. The van der Waals surface area contributed by atoms with Crippen LogP contribution in [0.3, 0.4) is 0 Å². The zero-order valence-electron chi connectivity index (χ0n) is 9.55. The molecule has 0 amide bonds. The van der Waals surface area contributed by atoms with Crippen LogP contribution in [0, 0.1) is 5.92 Å². The molecule has 3 heteroatoms. The van der Waals surface area contributed by atoms with Gasteiger partial charge in [-0.1, -0.05) is 46.9 Å². The second-order valence-electron chi connectivity index (χ2n) is 4.38. The molecule has 0 saturated carbocycles. The van der Waals surface area contributed by atoms with Crippen LogP contribution in [-0.2, 0) is 5.33 Å². The molecule has 0 bridgehead atoms. The van der Waals surface area contributed by atoms with Crippen LogP contribution in [0.5, 0.6) is 0 Å². The van der Waals surface area contributed by atoms with Gasteiger partial charge in [0.05, 0.1) is 0 Å². The predicted molar refractivity (Wildman–Crippen MR) is 74.7 cm³/mol. The van der Waals surface area contributed by atoms with Crippen LogP contribution >= 0.6 is 27.5 Å². The van der Waals surface area contributed by atoms with Crippen molar-refractivity contribution >= 4 is 33.2 Å². The molecule has 16 heavy (non-hydrogen) atoms. The molecule has 1 aromatic carbocycles. The Morgan fingerprint density at radius 2 is 2.31 bits per heavy atom. The third-order valence-corrected chi connectivity index (χ3v) is 4.35. The fourth-order valence-corrected chi connectivity index (χ4v) is 3.35. The van der Waals surface area contributed by atoms with Crippen LogP contribution in [0.2, 0.25) is 5.02 Å². The Labute approximate surface area is 111 Å². The predicted octanol–water partition coefficient (Wildman–Crippen LogP) is 4.47. The maximum atomic E-state index is 6.22. The van der Waals surface area contributed by atoms with Crippen LogP contribution in [0.15, 0.2) is 18.2 Å². The first-order valence-corrected chi connectivity index (χ1v) is 7.34. The molecule has 0 radical (unpaired) electrons. The van der Waals surface area contributed by atoms with E-state index in [1.54, 1.807) is 0 Å². The van der Waals surface area contributed by atoms with Gasteiger partial charge in [0.15, 0.2) is 0 Å². The van der Waals surface area contributed by atoms with Crippen molar-refractivity contribution < 1.29 is 0 Å². The highest BCUT2D eigenvalue weighted by atomic mass is 79.9. The third kappa shape index (κ3) is 2.38. The topological polar surface area (TPSA) is 3.24 Å². The number of halogens is 2. The van der Waals surface area contributed by atoms with Gasteiger partial charge < -0.3 is 4.90 Å². The van der Waals surface area contributed by atoms with Gasteiger partial charge in [-0.25, -0.2) is 0 Å². The Balaban J connectivity index is 2.24. The average molecular weight is 303 g/mol. The Morgan fingerprint density at radius 3 is 2.94 bits per heavy atom. The van der Waals surface area contributed by atoms with Crippen LogP contribution in [0.25, 0.3) is 0 Å². The lowest BCUT2D eigenvalue weighted by Gasteiger charge is -2.22. The van der Waals surface area contributed by atoms with Gasteiger partial charge in [0, 0.05) is 34.7 Å². The molecule has 1 atom stereocenters. The van der Waals surface area contributed by atoms with Crippen LogP contribution in [0.1, 0.15) is 25.3 Å². The van der Waals surface area contributed by atoms with Crippen LogP contribution in [0.4, 0.5) is 5.69 Å². The summed E-state index contributed by atoms with van der Waals surface area (Å²) >= 11 is 9.75. The summed E-state index contributed by atoms with van der Waals surface area (Å²) in [4.78, 5) is 2.47. The van der Waals surface area contributed by atoms with E-state index >= 15 is 0 Å². The Morgan fingerprint density at radius 1 is 1.50 bits per heavy atom. The third-order valence-electron chi connectivity index (χ3n) is 3.43. The fourth-order valence-electron chi connectivity index (χ4n) is 2.36. The van der Waals surface area contributed by atoms with E-state index in [1.807, 2.05) is 12.1 Å². The second kappa shape index (κ2) is 5.42. The van der Waals surface area contributed by atoms with Crippen molar-refractivity contribution in [3.05, 3.63) is 28.8 Å². The van der Waals surface area contributed by atoms with E-state index in [-0.39, 0.29) is 0 Å². The first kappa shape index (κ1) is 12.3. The number of nitrogens with zero attached hydrogens (tertiary/aromatic N) is 1. The molecule has 1 aromatic rings. The van der Waals surface area contributed by atoms with E-state index in [0.29, 0.717) is 0 Å². The maximum Gasteiger partial charge on any atom is 0.0467 e. The normalized spacial score (nSPS) is 20.4. The summed E-state index contributed by atoms with van der Waals surface area (Å²) in [6, 6.07) is 6.19. The monoisotopic (exact) mass is 301 g/mol. The van der Waals surface area contributed by atoms with Gasteiger partial charge in [-0.15, -0.1) is 0 Å². The number of alkyl halides is 1. The van der Waals surface area contributed by atoms with Gasteiger partial charge in [-0.2, -0.15) is 0 Å². The molecule has 1 nitrogen and oxygen atoms in total. The van der Waals surface area contributed by atoms with Crippen LogP contribution in [-0.4, -0.2) is 13.1 Å². The molecule has 1 fully saturated rings. The van der Waals surface area contributed by atoms with Gasteiger partial charge >= 0.3 is 0 Å². The summed E-state index contributed by atoms with van der Waals surface area (Å²) in [5.74, 6) is 0.849. The summed E-state index contributed by atoms with van der Waals surface area (Å²) < 4.78 is 0. The highest BCUT2D eigenvalue weighted by Gasteiger charge is 2.23. The summed E-state index contributed by atoms with van der Waals surface area (Å²) in [6.45, 7) is 4.62. The average Bonchev–Trinajstić information content (AvgIpc) is 2.77. The largest absolute Gasteiger partial charge is 0.371 e. The standard InChI is InChI=1S/C13H17BrClN/c1-2-10-6-7-16(9-10)13-5-3-4-12(15)11(13)8-14/h3-5,10H,2,6-9H2,1H3. The molecular weight excluding hydrogens is 286 g/mol. The minimum absolute atomic E-state index is 0.829. The lowest BCUT2D eigenvalue weighted by Crippen LogP contribution is -2.20. The summed E-state index contributed by atoms with van der Waals surface area (Å²) in [7, 11) is 0. The maximum absolute atomic E-state index is 6.22. The highest BCUT2D eigenvalue weighted by molar-refractivity contribution is 9.08. The Bertz CT molecular complexity index is 367. The zero-order valence-corrected chi connectivity index (χ0v) is 11.9. The van der Waals surface area contributed by atoms with Crippen molar-refractivity contribution in [3.63, 3.8) is 0 Å². The van der Waals surface area contributed by atoms with Crippen molar-refractivity contribution in [3.8, 4) is 0 Å².